The number of thioether (sulfide) groups is 1. The predicted molar refractivity (Wildman–Crippen MR) is 121 cm³/mol. The SMILES string of the molecule is COc1ccc(-c2[nH]ncc2CN2CCC[C@@H](C(=O)c3ccccc3SC)C2)cc1. The number of carbonyl (C=O) groups excluding carboxylic acids is 1. The van der Waals surface area contributed by atoms with Crippen LogP contribution in [0.3, 0.4) is 0 Å². The maximum absolute atomic E-state index is 13.2. The second-order valence-corrected chi connectivity index (χ2v) is 8.49. The zero-order valence-corrected chi connectivity index (χ0v) is 18.2. The lowest BCUT2D eigenvalue weighted by Gasteiger charge is -2.32. The van der Waals surface area contributed by atoms with Crippen molar-refractivity contribution in [2.75, 3.05) is 26.5 Å². The lowest BCUT2D eigenvalue weighted by Crippen LogP contribution is -2.38. The fraction of sp³-hybridized carbons (Fsp3) is 0.333. The van der Waals surface area contributed by atoms with E-state index in [1.165, 1.54) is 0 Å². The van der Waals surface area contributed by atoms with Crippen molar-refractivity contribution in [2.45, 2.75) is 24.3 Å². The number of methoxy groups -OCH3 is 1. The van der Waals surface area contributed by atoms with Gasteiger partial charge in [0.05, 0.1) is 19.0 Å². The van der Waals surface area contributed by atoms with E-state index in [0.29, 0.717) is 0 Å². The molecule has 0 unspecified atom stereocenters. The molecule has 4 rings (SSSR count). The van der Waals surface area contributed by atoms with Crippen molar-refractivity contribution in [3.05, 3.63) is 65.9 Å². The Hall–Kier alpha value is -2.57. The molecule has 1 aliphatic heterocycles. The number of ketones is 1. The van der Waals surface area contributed by atoms with Gasteiger partial charge in [-0.1, -0.05) is 18.2 Å². The number of nitrogens with one attached hydrogen (secondary N) is 1. The summed E-state index contributed by atoms with van der Waals surface area (Å²) in [7, 11) is 1.67. The van der Waals surface area contributed by atoms with Gasteiger partial charge in [-0.3, -0.25) is 14.8 Å². The summed E-state index contributed by atoms with van der Waals surface area (Å²) in [6.45, 7) is 2.57. The second-order valence-electron chi connectivity index (χ2n) is 7.64. The summed E-state index contributed by atoms with van der Waals surface area (Å²) in [5.41, 5.74) is 4.12. The quantitative estimate of drug-likeness (QED) is 0.434. The minimum atomic E-state index is 0.0448. The average Bonchev–Trinajstić information content (AvgIpc) is 3.26. The monoisotopic (exact) mass is 421 g/mol. The molecule has 156 valence electrons. The minimum absolute atomic E-state index is 0.0448. The number of nitrogens with zero attached hydrogens (tertiary/aromatic N) is 2. The molecule has 1 N–H and O–H groups in total. The van der Waals surface area contributed by atoms with E-state index in [2.05, 4.69) is 15.1 Å². The largest absolute Gasteiger partial charge is 0.497 e. The highest BCUT2D eigenvalue weighted by Gasteiger charge is 2.28. The number of likely N-dealkylation sites (tertiary alicyclic amines) is 1. The minimum Gasteiger partial charge on any atom is -0.497 e. The number of piperidine rings is 1. The molecule has 2 heterocycles. The van der Waals surface area contributed by atoms with Crippen LogP contribution in [0.2, 0.25) is 0 Å². The van der Waals surface area contributed by atoms with Crippen molar-refractivity contribution in [3.63, 3.8) is 0 Å². The Bertz CT molecular complexity index is 1000. The molecule has 1 fully saturated rings. The van der Waals surface area contributed by atoms with E-state index in [1.807, 2.05) is 61.0 Å². The summed E-state index contributed by atoms with van der Waals surface area (Å²) in [6.07, 6.45) is 5.91. The highest BCUT2D eigenvalue weighted by atomic mass is 32.2. The molecular weight excluding hydrogens is 394 g/mol. The fourth-order valence-corrected chi connectivity index (χ4v) is 4.76. The number of aromatic nitrogens is 2. The molecule has 6 heteroatoms. The summed E-state index contributed by atoms with van der Waals surface area (Å²) in [5, 5.41) is 7.42. The molecule has 5 nitrogen and oxygen atoms in total. The standard InChI is InChI=1S/C24H27N3O2S/c1-29-20-11-9-17(10-12-20)23-19(14-25-26-23)16-27-13-5-6-18(15-27)24(28)21-7-3-4-8-22(21)30-2/h3-4,7-12,14,18H,5-6,13,15-16H2,1-2H3,(H,25,26)/t18-/m1/s1. The Kier molecular flexibility index (Phi) is 6.55. The molecule has 30 heavy (non-hydrogen) atoms. The van der Waals surface area contributed by atoms with Gasteiger partial charge in [0.25, 0.3) is 0 Å². The normalized spacial score (nSPS) is 17.1. The highest BCUT2D eigenvalue weighted by molar-refractivity contribution is 7.98. The van der Waals surface area contributed by atoms with E-state index in [4.69, 9.17) is 4.74 Å². The van der Waals surface area contributed by atoms with E-state index in [-0.39, 0.29) is 11.7 Å². The first-order valence-corrected chi connectivity index (χ1v) is 11.5. The molecule has 1 atom stereocenters. The first kappa shape index (κ1) is 20.7. The van der Waals surface area contributed by atoms with Crippen LogP contribution >= 0.6 is 11.8 Å². The van der Waals surface area contributed by atoms with E-state index < -0.39 is 0 Å². The van der Waals surface area contributed by atoms with Crippen molar-refractivity contribution in [1.82, 2.24) is 15.1 Å². The van der Waals surface area contributed by atoms with E-state index in [9.17, 15) is 4.79 Å². The average molecular weight is 422 g/mol. The molecule has 1 saturated heterocycles. The molecule has 0 aliphatic carbocycles. The van der Waals surface area contributed by atoms with Crippen LogP contribution < -0.4 is 4.74 Å². The summed E-state index contributed by atoms with van der Waals surface area (Å²) >= 11 is 1.64. The molecule has 2 aromatic carbocycles. The van der Waals surface area contributed by atoms with Crippen molar-refractivity contribution in [1.29, 1.82) is 0 Å². The molecular formula is C24H27N3O2S. The predicted octanol–water partition coefficient (Wildman–Crippen LogP) is 4.90. The van der Waals surface area contributed by atoms with Crippen LogP contribution in [0, 0.1) is 5.92 Å². The van der Waals surface area contributed by atoms with Gasteiger partial charge in [-0.2, -0.15) is 5.10 Å². The Morgan fingerprint density at radius 2 is 2.03 bits per heavy atom. The van der Waals surface area contributed by atoms with Crippen LogP contribution in [0.1, 0.15) is 28.8 Å². The topological polar surface area (TPSA) is 58.2 Å². The van der Waals surface area contributed by atoms with Gasteiger partial charge in [0.1, 0.15) is 5.75 Å². The van der Waals surface area contributed by atoms with E-state index in [1.54, 1.807) is 18.9 Å². The molecule has 0 saturated carbocycles. The fourth-order valence-electron chi connectivity index (χ4n) is 4.16. The number of hydrogen-bond acceptors (Lipinski definition) is 5. The third kappa shape index (κ3) is 4.45. The number of aromatic amines is 1. The first-order chi connectivity index (χ1) is 14.7. The Morgan fingerprint density at radius 3 is 2.80 bits per heavy atom. The molecule has 0 radical (unpaired) electrons. The number of rotatable bonds is 7. The Labute approximate surface area is 181 Å². The number of hydrogen-bond donors (Lipinski definition) is 1. The number of H-pyrrole nitrogens is 1. The summed E-state index contributed by atoms with van der Waals surface area (Å²) in [5.74, 6) is 1.15. The van der Waals surface area contributed by atoms with Gasteiger partial charge in [0.15, 0.2) is 5.78 Å². The zero-order chi connectivity index (χ0) is 20.9. The lowest BCUT2D eigenvalue weighted by molar-refractivity contribution is 0.0809. The Morgan fingerprint density at radius 1 is 1.23 bits per heavy atom. The molecule has 3 aromatic rings. The summed E-state index contributed by atoms with van der Waals surface area (Å²) in [6, 6.07) is 15.9. The van der Waals surface area contributed by atoms with E-state index in [0.717, 1.165) is 65.5 Å². The number of benzene rings is 2. The van der Waals surface area contributed by atoms with E-state index >= 15 is 0 Å². The van der Waals surface area contributed by atoms with Gasteiger partial charge < -0.3 is 4.74 Å². The molecule has 1 aliphatic rings. The van der Waals surface area contributed by atoms with Crippen LogP contribution in [0.4, 0.5) is 0 Å². The Balaban J connectivity index is 1.47. The lowest BCUT2D eigenvalue weighted by atomic mass is 9.89. The van der Waals surface area contributed by atoms with Gasteiger partial charge in [-0.25, -0.2) is 0 Å². The zero-order valence-electron chi connectivity index (χ0n) is 17.4. The van der Waals surface area contributed by atoms with Crippen molar-refractivity contribution >= 4 is 17.5 Å². The van der Waals surface area contributed by atoms with Gasteiger partial charge in [0.2, 0.25) is 0 Å². The van der Waals surface area contributed by atoms with Gasteiger partial charge in [0, 0.05) is 40.6 Å². The number of carbonyl (C=O) groups is 1. The van der Waals surface area contributed by atoms with Gasteiger partial charge >= 0.3 is 0 Å². The molecule has 0 spiro atoms. The van der Waals surface area contributed by atoms with Crippen molar-refractivity contribution in [3.8, 4) is 17.0 Å². The van der Waals surface area contributed by atoms with Crippen molar-refractivity contribution < 1.29 is 9.53 Å². The maximum atomic E-state index is 13.2. The van der Waals surface area contributed by atoms with Crippen LogP contribution in [-0.2, 0) is 6.54 Å². The first-order valence-electron chi connectivity index (χ1n) is 10.3. The molecule has 1 aromatic heterocycles. The maximum Gasteiger partial charge on any atom is 0.168 e. The smallest absolute Gasteiger partial charge is 0.168 e. The summed E-state index contributed by atoms with van der Waals surface area (Å²) in [4.78, 5) is 16.7. The van der Waals surface area contributed by atoms with Gasteiger partial charge in [-0.05, 0) is 56.0 Å². The van der Waals surface area contributed by atoms with Crippen LogP contribution in [0.5, 0.6) is 5.75 Å². The third-order valence-electron chi connectivity index (χ3n) is 5.74. The summed E-state index contributed by atoms with van der Waals surface area (Å²) < 4.78 is 5.26. The molecule has 0 bridgehead atoms. The van der Waals surface area contributed by atoms with Crippen LogP contribution in [-0.4, -0.2) is 47.3 Å². The van der Waals surface area contributed by atoms with Crippen molar-refractivity contribution in [2.24, 2.45) is 5.92 Å². The highest BCUT2D eigenvalue weighted by Crippen LogP contribution is 2.29. The third-order valence-corrected chi connectivity index (χ3v) is 6.54. The number of Topliss-reactive ketones (excluding diaryl/α,β-unsaturated/α-hetero) is 1. The van der Waals surface area contributed by atoms with Crippen LogP contribution in [0.15, 0.2) is 59.6 Å². The van der Waals surface area contributed by atoms with Gasteiger partial charge in [-0.15, -0.1) is 11.8 Å². The van der Waals surface area contributed by atoms with Crippen LogP contribution in [0.25, 0.3) is 11.3 Å². The second kappa shape index (κ2) is 9.49. The molecule has 0 amide bonds. The number of ether oxygens (including phenoxy) is 1.